The van der Waals surface area contributed by atoms with Crippen LogP contribution in [-0.2, 0) is 19.1 Å². The zero-order chi connectivity index (χ0) is 16.0. The highest BCUT2D eigenvalue weighted by Crippen LogP contribution is 2.22. The number of nitrogens with one attached hydrogen (secondary N) is 1. The second-order valence-corrected chi connectivity index (χ2v) is 4.20. The number of ether oxygens (including phenoxy) is 2. The van der Waals surface area contributed by atoms with E-state index in [9.17, 15) is 19.1 Å². The summed E-state index contributed by atoms with van der Waals surface area (Å²) in [5, 5.41) is 20.7. The molecule has 1 fully saturated rings. The van der Waals surface area contributed by atoms with Gasteiger partial charge in [0.2, 0.25) is 5.91 Å². The molecule has 0 aromatic heterocycles. The van der Waals surface area contributed by atoms with Crippen LogP contribution >= 0.6 is 0 Å². The lowest BCUT2D eigenvalue weighted by Crippen LogP contribution is -2.36. The molecule has 9 heteroatoms. The van der Waals surface area contributed by atoms with Crippen molar-refractivity contribution >= 4 is 11.9 Å². The van der Waals surface area contributed by atoms with Gasteiger partial charge in [-0.3, -0.25) is 4.79 Å². The van der Waals surface area contributed by atoms with Crippen LogP contribution in [-0.4, -0.2) is 60.4 Å². The van der Waals surface area contributed by atoms with Crippen LogP contribution in [0, 0.1) is 0 Å². The van der Waals surface area contributed by atoms with Crippen molar-refractivity contribution in [3.8, 4) is 0 Å². The van der Waals surface area contributed by atoms with Gasteiger partial charge < -0.3 is 30.7 Å². The van der Waals surface area contributed by atoms with E-state index >= 15 is 0 Å². The van der Waals surface area contributed by atoms with Gasteiger partial charge in [0, 0.05) is 12.3 Å². The number of methoxy groups -OCH3 is 1. The van der Waals surface area contributed by atoms with E-state index in [4.69, 9.17) is 15.6 Å². The summed E-state index contributed by atoms with van der Waals surface area (Å²) in [6.07, 6.45) is -2.49. The number of carbonyl (C=O) groups is 2. The normalized spacial score (nSPS) is 29.6. The number of primary amides is 1. The summed E-state index contributed by atoms with van der Waals surface area (Å²) >= 11 is 0. The van der Waals surface area contributed by atoms with Crippen LogP contribution in [0.25, 0.3) is 0 Å². The number of hydrogen-bond donors (Lipinski definition) is 4. The van der Waals surface area contributed by atoms with Gasteiger partial charge in [0.15, 0.2) is 12.4 Å². The van der Waals surface area contributed by atoms with Crippen molar-refractivity contribution < 1.29 is 33.7 Å². The Bertz CT molecular complexity index is 453. The molecule has 0 aromatic rings. The Morgan fingerprint density at radius 2 is 2.14 bits per heavy atom. The van der Waals surface area contributed by atoms with Crippen molar-refractivity contribution in [2.24, 2.45) is 5.73 Å². The summed E-state index contributed by atoms with van der Waals surface area (Å²) in [6, 6.07) is 0. The average Bonchev–Trinajstić information content (AvgIpc) is 2.74. The lowest BCUT2D eigenvalue weighted by molar-refractivity contribution is -0.134. The maximum Gasteiger partial charge on any atom is 0.330 e. The van der Waals surface area contributed by atoms with Gasteiger partial charge >= 0.3 is 5.97 Å². The Morgan fingerprint density at radius 1 is 1.48 bits per heavy atom. The third kappa shape index (κ3) is 4.52. The molecule has 0 radical (unpaired) electrons. The van der Waals surface area contributed by atoms with Gasteiger partial charge in [0.05, 0.1) is 19.3 Å². The molecule has 4 atom stereocenters. The van der Waals surface area contributed by atoms with Crippen molar-refractivity contribution in [2.75, 3.05) is 13.7 Å². The van der Waals surface area contributed by atoms with Crippen molar-refractivity contribution in [3.63, 3.8) is 0 Å². The smallest absolute Gasteiger partial charge is 0.330 e. The first-order valence-electron chi connectivity index (χ1n) is 6.01. The SMILES string of the molecule is COC(=O)/C=C\C(=C\N[C@@H]1O[C@H](CO)C(O)C1F)C(N)=O. The molecule has 21 heavy (non-hydrogen) atoms. The zero-order valence-electron chi connectivity index (χ0n) is 11.2. The molecule has 1 aliphatic rings. The summed E-state index contributed by atoms with van der Waals surface area (Å²) in [5.41, 5.74) is 4.96. The number of carbonyl (C=O) groups excluding carboxylic acids is 2. The first-order chi connectivity index (χ1) is 9.90. The van der Waals surface area contributed by atoms with E-state index in [0.29, 0.717) is 0 Å². The second kappa shape index (κ2) is 7.72. The molecule has 1 heterocycles. The van der Waals surface area contributed by atoms with E-state index in [2.05, 4.69) is 10.1 Å². The largest absolute Gasteiger partial charge is 0.466 e. The van der Waals surface area contributed by atoms with Crippen molar-refractivity contribution in [1.82, 2.24) is 5.32 Å². The van der Waals surface area contributed by atoms with Crippen LogP contribution in [0.5, 0.6) is 0 Å². The number of esters is 1. The van der Waals surface area contributed by atoms with E-state index in [1.165, 1.54) is 0 Å². The summed E-state index contributed by atoms with van der Waals surface area (Å²) in [7, 11) is 1.16. The van der Waals surface area contributed by atoms with Gasteiger partial charge in [-0.2, -0.15) is 0 Å². The third-order valence-electron chi connectivity index (χ3n) is 2.79. The van der Waals surface area contributed by atoms with Crippen molar-refractivity contribution in [1.29, 1.82) is 0 Å². The number of aliphatic hydroxyl groups is 2. The molecule has 0 saturated carbocycles. The summed E-state index contributed by atoms with van der Waals surface area (Å²) in [5.74, 6) is -1.56. The van der Waals surface area contributed by atoms with E-state index in [1.54, 1.807) is 0 Å². The fraction of sp³-hybridized carbons (Fsp3) is 0.500. The van der Waals surface area contributed by atoms with Gasteiger partial charge in [-0.15, -0.1) is 0 Å². The summed E-state index contributed by atoms with van der Waals surface area (Å²) in [4.78, 5) is 22.1. The minimum absolute atomic E-state index is 0.127. The number of rotatable bonds is 6. The van der Waals surface area contributed by atoms with E-state index in [0.717, 1.165) is 25.5 Å². The van der Waals surface area contributed by atoms with Crippen molar-refractivity contribution in [2.45, 2.75) is 24.6 Å². The van der Waals surface area contributed by atoms with Gasteiger partial charge in [0.1, 0.15) is 12.2 Å². The van der Waals surface area contributed by atoms with E-state index in [1.807, 2.05) is 0 Å². The molecule has 1 saturated heterocycles. The molecule has 0 aliphatic carbocycles. The second-order valence-electron chi connectivity index (χ2n) is 4.20. The standard InChI is InChI=1S/C12H17FN2O6/c1-20-8(17)3-2-6(11(14)19)4-15-12-9(13)10(18)7(5-16)21-12/h2-4,7,9-10,12,15-16,18H,5H2,1H3,(H2,14,19)/b3-2-,6-4-/t7-,9?,10?,12-/m1/s1. The van der Waals surface area contributed by atoms with Crippen molar-refractivity contribution in [3.05, 3.63) is 23.9 Å². The average molecular weight is 304 g/mol. The predicted octanol–water partition coefficient (Wildman–Crippen LogP) is -1.91. The van der Waals surface area contributed by atoms with Gasteiger partial charge in [-0.25, -0.2) is 9.18 Å². The van der Waals surface area contributed by atoms with Crippen LogP contribution < -0.4 is 11.1 Å². The summed E-state index contributed by atoms with van der Waals surface area (Å²) < 4.78 is 23.0. The molecular formula is C12H17FN2O6. The molecule has 1 aliphatic heterocycles. The first-order valence-corrected chi connectivity index (χ1v) is 6.01. The molecule has 2 unspecified atom stereocenters. The van der Waals surface area contributed by atoms with Crippen LogP contribution in [0.1, 0.15) is 0 Å². The highest BCUT2D eigenvalue weighted by Gasteiger charge is 2.43. The Morgan fingerprint density at radius 3 is 2.62 bits per heavy atom. The van der Waals surface area contributed by atoms with E-state index in [-0.39, 0.29) is 5.57 Å². The topological polar surface area (TPSA) is 131 Å². The highest BCUT2D eigenvalue weighted by molar-refractivity contribution is 5.96. The number of hydrogen-bond acceptors (Lipinski definition) is 7. The zero-order valence-corrected chi connectivity index (χ0v) is 11.2. The molecular weight excluding hydrogens is 287 g/mol. The molecule has 0 bridgehead atoms. The monoisotopic (exact) mass is 304 g/mol. The molecule has 1 rings (SSSR count). The third-order valence-corrected chi connectivity index (χ3v) is 2.79. The Kier molecular flexibility index (Phi) is 6.28. The predicted molar refractivity (Wildman–Crippen MR) is 68.2 cm³/mol. The van der Waals surface area contributed by atoms with E-state index < -0.39 is 43.1 Å². The number of alkyl halides is 1. The minimum Gasteiger partial charge on any atom is -0.466 e. The Hall–Kier alpha value is -1.97. The first kappa shape index (κ1) is 17.1. The molecule has 1 amide bonds. The summed E-state index contributed by atoms with van der Waals surface area (Å²) in [6.45, 7) is -0.547. The van der Waals surface area contributed by atoms with Crippen LogP contribution in [0.2, 0.25) is 0 Å². The fourth-order valence-corrected chi connectivity index (χ4v) is 1.61. The minimum atomic E-state index is -1.79. The maximum atomic E-state index is 13.7. The van der Waals surface area contributed by atoms with Gasteiger partial charge in [0.25, 0.3) is 0 Å². The Balaban J connectivity index is 2.73. The van der Waals surface area contributed by atoms with Gasteiger partial charge in [-0.1, -0.05) is 0 Å². The number of nitrogens with two attached hydrogens (primary N) is 1. The maximum absolute atomic E-state index is 13.7. The molecule has 0 aromatic carbocycles. The molecule has 0 spiro atoms. The Labute approximate surface area is 120 Å². The number of halogens is 1. The van der Waals surface area contributed by atoms with Gasteiger partial charge in [-0.05, 0) is 6.08 Å². The van der Waals surface area contributed by atoms with Crippen LogP contribution in [0.4, 0.5) is 4.39 Å². The number of aliphatic hydroxyl groups excluding tert-OH is 2. The van der Waals surface area contributed by atoms with Crippen LogP contribution in [0.15, 0.2) is 23.9 Å². The van der Waals surface area contributed by atoms with Crippen LogP contribution in [0.3, 0.4) is 0 Å². The highest BCUT2D eigenvalue weighted by atomic mass is 19.1. The fourth-order valence-electron chi connectivity index (χ4n) is 1.61. The lowest BCUT2D eigenvalue weighted by Gasteiger charge is -2.13. The quantitative estimate of drug-likeness (QED) is 0.256. The molecule has 118 valence electrons. The lowest BCUT2D eigenvalue weighted by atomic mass is 10.1. The number of amides is 1. The molecule has 8 nitrogen and oxygen atoms in total. The molecule has 5 N–H and O–H groups in total.